The number of nitrogens with one attached hydrogen (secondary N) is 1. The standard InChI is InChI=1S/C22H21ClF3N3O2/c1-13-18(20(30)31-3)19(14-8-10-16(23)11-9-14)28-21(29(13)2)27-12-15-6-4-5-7-17(15)22(24,25)26/h4-11,19H,12H2,1-3H3,(H,27,28). The molecule has 0 saturated heterocycles. The van der Waals surface area contributed by atoms with Crippen molar-refractivity contribution in [2.45, 2.75) is 25.7 Å². The molecule has 1 atom stereocenters. The van der Waals surface area contributed by atoms with Gasteiger partial charge in [-0.05, 0) is 36.2 Å². The SMILES string of the molecule is COC(=O)C1=C(C)N(C)C(=NCc2ccccc2C(F)(F)F)NC1c1ccc(Cl)cc1. The van der Waals surface area contributed by atoms with Crippen LogP contribution in [0.15, 0.2) is 64.8 Å². The van der Waals surface area contributed by atoms with Gasteiger partial charge >= 0.3 is 12.1 Å². The first-order chi connectivity index (χ1) is 14.6. The minimum atomic E-state index is -4.47. The van der Waals surface area contributed by atoms with Crippen LogP contribution in [0.3, 0.4) is 0 Å². The van der Waals surface area contributed by atoms with Crippen molar-refractivity contribution in [3.8, 4) is 0 Å². The van der Waals surface area contributed by atoms with Gasteiger partial charge in [0.15, 0.2) is 5.96 Å². The van der Waals surface area contributed by atoms with Gasteiger partial charge in [-0.3, -0.25) is 0 Å². The molecule has 1 aliphatic rings. The smallest absolute Gasteiger partial charge is 0.416 e. The van der Waals surface area contributed by atoms with Gasteiger partial charge in [0.25, 0.3) is 0 Å². The monoisotopic (exact) mass is 451 g/mol. The summed E-state index contributed by atoms with van der Waals surface area (Å²) in [6.07, 6.45) is -4.47. The molecule has 0 fully saturated rings. The number of allylic oxidation sites excluding steroid dienone is 1. The molecule has 164 valence electrons. The maximum atomic E-state index is 13.3. The fourth-order valence-corrected chi connectivity index (χ4v) is 3.50. The van der Waals surface area contributed by atoms with Crippen LogP contribution in [0.1, 0.15) is 29.7 Å². The topological polar surface area (TPSA) is 53.9 Å². The molecular weight excluding hydrogens is 431 g/mol. The first-order valence-electron chi connectivity index (χ1n) is 9.37. The Bertz CT molecular complexity index is 1030. The third kappa shape index (κ3) is 4.85. The molecule has 9 heteroatoms. The molecule has 1 N–H and O–H groups in total. The number of guanidine groups is 1. The van der Waals surface area contributed by atoms with Gasteiger partial charge in [-0.2, -0.15) is 13.2 Å². The van der Waals surface area contributed by atoms with E-state index < -0.39 is 23.8 Å². The number of hydrogen-bond donors (Lipinski definition) is 1. The van der Waals surface area contributed by atoms with E-state index >= 15 is 0 Å². The molecule has 0 bridgehead atoms. The summed E-state index contributed by atoms with van der Waals surface area (Å²) in [6, 6.07) is 11.6. The molecule has 0 amide bonds. The number of nitrogens with zero attached hydrogens (tertiary/aromatic N) is 2. The van der Waals surface area contributed by atoms with Crippen LogP contribution >= 0.6 is 11.6 Å². The summed E-state index contributed by atoms with van der Waals surface area (Å²) in [5.41, 5.74) is 1.02. The molecule has 1 aliphatic heterocycles. The molecule has 0 radical (unpaired) electrons. The Balaban J connectivity index is 2.01. The Morgan fingerprint density at radius 1 is 1.19 bits per heavy atom. The molecule has 5 nitrogen and oxygen atoms in total. The molecule has 0 saturated carbocycles. The minimum Gasteiger partial charge on any atom is -0.466 e. The summed E-state index contributed by atoms with van der Waals surface area (Å²) in [5, 5.41) is 3.69. The van der Waals surface area contributed by atoms with Crippen LogP contribution in [0.25, 0.3) is 0 Å². The fourth-order valence-electron chi connectivity index (χ4n) is 3.37. The van der Waals surface area contributed by atoms with Gasteiger partial charge in [0, 0.05) is 17.8 Å². The average molecular weight is 452 g/mol. The van der Waals surface area contributed by atoms with Crippen molar-refractivity contribution in [3.63, 3.8) is 0 Å². The number of methoxy groups -OCH3 is 1. The van der Waals surface area contributed by atoms with Crippen molar-refractivity contribution < 1.29 is 22.7 Å². The Morgan fingerprint density at radius 2 is 1.84 bits per heavy atom. The van der Waals surface area contributed by atoms with Crippen molar-refractivity contribution in [1.29, 1.82) is 0 Å². The van der Waals surface area contributed by atoms with Crippen LogP contribution in [0.5, 0.6) is 0 Å². The second-order valence-corrected chi connectivity index (χ2v) is 7.41. The third-order valence-electron chi connectivity index (χ3n) is 5.10. The van der Waals surface area contributed by atoms with E-state index in [0.29, 0.717) is 22.3 Å². The zero-order valence-electron chi connectivity index (χ0n) is 17.1. The first kappa shape index (κ1) is 22.7. The molecular formula is C22H21ClF3N3O2. The van der Waals surface area contributed by atoms with E-state index in [4.69, 9.17) is 16.3 Å². The summed E-state index contributed by atoms with van der Waals surface area (Å²) in [4.78, 5) is 18.5. The van der Waals surface area contributed by atoms with E-state index in [2.05, 4.69) is 10.3 Å². The predicted octanol–water partition coefficient (Wildman–Crippen LogP) is 4.94. The van der Waals surface area contributed by atoms with Gasteiger partial charge < -0.3 is 15.0 Å². The number of esters is 1. The van der Waals surface area contributed by atoms with Gasteiger partial charge in [-0.1, -0.05) is 41.9 Å². The highest BCUT2D eigenvalue weighted by atomic mass is 35.5. The van der Waals surface area contributed by atoms with Crippen molar-refractivity contribution in [2.75, 3.05) is 14.2 Å². The number of benzene rings is 2. The number of ether oxygens (including phenoxy) is 1. The Labute approximate surface area is 183 Å². The van der Waals surface area contributed by atoms with E-state index in [0.717, 1.165) is 11.6 Å². The number of carbonyl (C=O) groups is 1. The Kier molecular flexibility index (Phi) is 6.59. The van der Waals surface area contributed by atoms with E-state index in [1.54, 1.807) is 49.2 Å². The lowest BCUT2D eigenvalue weighted by atomic mass is 9.95. The molecule has 0 spiro atoms. The number of alkyl halides is 3. The number of carbonyl (C=O) groups excluding carboxylic acids is 1. The summed E-state index contributed by atoms with van der Waals surface area (Å²) in [7, 11) is 2.97. The second-order valence-electron chi connectivity index (χ2n) is 6.97. The summed E-state index contributed by atoms with van der Waals surface area (Å²) < 4.78 is 44.9. The van der Waals surface area contributed by atoms with Crippen molar-refractivity contribution in [1.82, 2.24) is 10.2 Å². The Morgan fingerprint density at radius 3 is 2.45 bits per heavy atom. The van der Waals surface area contributed by atoms with Gasteiger partial charge in [-0.15, -0.1) is 0 Å². The number of hydrogen-bond acceptors (Lipinski definition) is 3. The van der Waals surface area contributed by atoms with Crippen LogP contribution < -0.4 is 5.32 Å². The lowest BCUT2D eigenvalue weighted by Gasteiger charge is -2.36. The largest absolute Gasteiger partial charge is 0.466 e. The molecule has 2 aromatic rings. The molecule has 1 heterocycles. The lowest BCUT2D eigenvalue weighted by Crippen LogP contribution is -2.47. The lowest BCUT2D eigenvalue weighted by molar-refractivity contribution is -0.138. The van der Waals surface area contributed by atoms with Gasteiger partial charge in [0.1, 0.15) is 0 Å². The van der Waals surface area contributed by atoms with E-state index in [1.807, 2.05) is 0 Å². The molecule has 3 rings (SSSR count). The van der Waals surface area contributed by atoms with Crippen LogP contribution in [-0.4, -0.2) is 31.0 Å². The van der Waals surface area contributed by atoms with Crippen molar-refractivity contribution in [3.05, 3.63) is 81.5 Å². The molecule has 0 aliphatic carbocycles. The van der Waals surface area contributed by atoms with Crippen LogP contribution in [0, 0.1) is 0 Å². The quantitative estimate of drug-likeness (QED) is 0.669. The van der Waals surface area contributed by atoms with Gasteiger partial charge in [0.05, 0.1) is 30.8 Å². The maximum Gasteiger partial charge on any atom is 0.416 e. The first-order valence-corrected chi connectivity index (χ1v) is 9.75. The van der Waals surface area contributed by atoms with Crippen LogP contribution in [-0.2, 0) is 22.3 Å². The maximum absolute atomic E-state index is 13.3. The van der Waals surface area contributed by atoms with E-state index in [-0.39, 0.29) is 12.1 Å². The molecule has 31 heavy (non-hydrogen) atoms. The van der Waals surface area contributed by atoms with Crippen LogP contribution in [0.2, 0.25) is 5.02 Å². The minimum absolute atomic E-state index is 0.0566. The fraction of sp³-hybridized carbons (Fsp3) is 0.273. The molecule has 2 aromatic carbocycles. The second kappa shape index (κ2) is 9.01. The summed E-state index contributed by atoms with van der Waals surface area (Å²) >= 11 is 5.98. The van der Waals surface area contributed by atoms with Crippen molar-refractivity contribution >= 4 is 23.5 Å². The average Bonchev–Trinajstić information content (AvgIpc) is 2.74. The summed E-state index contributed by atoms with van der Waals surface area (Å²) in [6.45, 7) is 1.55. The highest BCUT2D eigenvalue weighted by Crippen LogP contribution is 2.33. The highest BCUT2D eigenvalue weighted by molar-refractivity contribution is 6.30. The summed E-state index contributed by atoms with van der Waals surface area (Å²) in [5.74, 6) is -0.180. The third-order valence-corrected chi connectivity index (χ3v) is 5.36. The molecule has 0 aromatic heterocycles. The number of rotatable bonds is 4. The van der Waals surface area contributed by atoms with Gasteiger partial charge in [-0.25, -0.2) is 9.79 Å². The predicted molar refractivity (Wildman–Crippen MR) is 112 cm³/mol. The normalized spacial score (nSPS) is 18.2. The van der Waals surface area contributed by atoms with Gasteiger partial charge in [0.2, 0.25) is 0 Å². The van der Waals surface area contributed by atoms with Crippen molar-refractivity contribution in [2.24, 2.45) is 4.99 Å². The number of aliphatic imine (C=N–C) groups is 1. The zero-order valence-corrected chi connectivity index (χ0v) is 17.9. The van der Waals surface area contributed by atoms with E-state index in [9.17, 15) is 18.0 Å². The zero-order chi connectivity index (χ0) is 22.8. The number of halogens is 4. The highest BCUT2D eigenvalue weighted by Gasteiger charge is 2.35. The van der Waals surface area contributed by atoms with Crippen LogP contribution in [0.4, 0.5) is 13.2 Å². The molecule has 1 unspecified atom stereocenters. The van der Waals surface area contributed by atoms with E-state index in [1.165, 1.54) is 19.2 Å². The Hall–Kier alpha value is -3.00.